The highest BCUT2D eigenvalue weighted by Gasteiger charge is 2.17. The van der Waals surface area contributed by atoms with Gasteiger partial charge in [-0.3, -0.25) is 4.79 Å². The molecule has 194 valence electrons. The van der Waals surface area contributed by atoms with E-state index < -0.39 is 0 Å². The molecule has 0 aliphatic heterocycles. The average Bonchev–Trinajstić information content (AvgIpc) is 3.35. The van der Waals surface area contributed by atoms with Crippen molar-refractivity contribution in [3.8, 4) is 11.6 Å². The van der Waals surface area contributed by atoms with E-state index in [2.05, 4.69) is 36.8 Å². The number of likely N-dealkylation sites (N-methyl/N-ethyl adjacent to an activating group) is 2. The molecule has 2 N–H and O–H groups in total. The number of aromatic nitrogens is 3. The molecule has 0 atom stereocenters. The van der Waals surface area contributed by atoms with Gasteiger partial charge in [0.25, 0.3) is 0 Å². The van der Waals surface area contributed by atoms with Crippen molar-refractivity contribution in [2.24, 2.45) is 0 Å². The smallest absolute Gasteiger partial charge is 0.247 e. The van der Waals surface area contributed by atoms with Gasteiger partial charge in [-0.1, -0.05) is 18.7 Å². The van der Waals surface area contributed by atoms with Gasteiger partial charge >= 0.3 is 0 Å². The molecular weight excluding hydrogens is 480 g/mol. The summed E-state index contributed by atoms with van der Waals surface area (Å²) in [6.07, 6.45) is 4.80. The number of carbonyl (C=O) groups excluding carboxylic acids is 1. The van der Waals surface area contributed by atoms with Crippen LogP contribution < -0.4 is 20.3 Å². The van der Waals surface area contributed by atoms with Crippen molar-refractivity contribution in [2.45, 2.75) is 0 Å². The molecule has 0 spiro atoms. The van der Waals surface area contributed by atoms with Gasteiger partial charge in [0.1, 0.15) is 11.6 Å². The molecule has 0 unspecified atom stereocenters. The van der Waals surface area contributed by atoms with Gasteiger partial charge in [-0.15, -0.1) is 0 Å². The molecule has 2 aromatic heterocycles. The topological polar surface area (TPSA) is 91.9 Å². The van der Waals surface area contributed by atoms with Crippen LogP contribution in [-0.2, 0) is 4.79 Å². The van der Waals surface area contributed by atoms with E-state index in [1.165, 1.54) is 6.08 Å². The number of hydrogen-bond donors (Lipinski definition) is 2. The standard InChI is InChI=1S/C28H30N8O2/c1-7-27(37)31-21-17-22(25(38-6)18-24(21)35(5)15-14-34(3)4)32-28-30-12-10-26(33-28)36-13-11-19-8-9-20(29-2)16-23(19)36/h7-13,16-18H,1,14-15H2,3-6H3,(H,31,37)(H,30,32,33). The minimum absolute atomic E-state index is 0.320. The lowest BCUT2D eigenvalue weighted by molar-refractivity contribution is -0.111. The lowest BCUT2D eigenvalue weighted by Crippen LogP contribution is -2.29. The maximum atomic E-state index is 12.2. The number of rotatable bonds is 10. The highest BCUT2D eigenvalue weighted by atomic mass is 16.5. The van der Waals surface area contributed by atoms with Gasteiger partial charge in [0.15, 0.2) is 5.69 Å². The Morgan fingerprint density at radius 2 is 1.97 bits per heavy atom. The minimum atomic E-state index is -0.320. The molecule has 4 rings (SSSR count). The van der Waals surface area contributed by atoms with Crippen molar-refractivity contribution in [1.29, 1.82) is 0 Å². The molecule has 10 nitrogen and oxygen atoms in total. The Kier molecular flexibility index (Phi) is 7.89. The zero-order valence-corrected chi connectivity index (χ0v) is 21.9. The third-order valence-corrected chi connectivity index (χ3v) is 5.99. The predicted octanol–water partition coefficient (Wildman–Crippen LogP) is 4.85. The van der Waals surface area contributed by atoms with Crippen LogP contribution >= 0.6 is 0 Å². The van der Waals surface area contributed by atoms with E-state index in [-0.39, 0.29) is 5.91 Å². The summed E-state index contributed by atoms with van der Waals surface area (Å²) in [6.45, 7) is 12.5. The van der Waals surface area contributed by atoms with Crippen LogP contribution in [0.3, 0.4) is 0 Å². The Balaban J connectivity index is 1.70. The Labute approximate surface area is 222 Å². The predicted molar refractivity (Wildman–Crippen MR) is 152 cm³/mol. The summed E-state index contributed by atoms with van der Waals surface area (Å²) in [7, 11) is 7.57. The first kappa shape index (κ1) is 26.2. The second-order valence-corrected chi connectivity index (χ2v) is 8.89. The van der Waals surface area contributed by atoms with Gasteiger partial charge in [-0.25, -0.2) is 9.83 Å². The second kappa shape index (κ2) is 11.5. The van der Waals surface area contributed by atoms with Crippen LogP contribution in [0.15, 0.2) is 67.5 Å². The molecule has 0 saturated carbocycles. The number of anilines is 4. The molecule has 0 fully saturated rings. The molecule has 0 saturated heterocycles. The van der Waals surface area contributed by atoms with Crippen molar-refractivity contribution >= 4 is 45.5 Å². The van der Waals surface area contributed by atoms with E-state index >= 15 is 0 Å². The number of methoxy groups -OCH3 is 1. The molecule has 10 heteroatoms. The Hall–Kier alpha value is -4.88. The van der Waals surface area contributed by atoms with E-state index in [9.17, 15) is 4.79 Å². The number of carbonyl (C=O) groups is 1. The summed E-state index contributed by atoms with van der Waals surface area (Å²) >= 11 is 0. The molecule has 2 heterocycles. The third-order valence-electron chi connectivity index (χ3n) is 5.99. The molecule has 0 radical (unpaired) electrons. The number of hydrogen-bond acceptors (Lipinski definition) is 7. The van der Waals surface area contributed by atoms with Gasteiger partial charge in [-0.05, 0) is 49.8 Å². The molecule has 4 aromatic rings. The Morgan fingerprint density at radius 1 is 1.16 bits per heavy atom. The first-order valence-corrected chi connectivity index (χ1v) is 11.9. The summed E-state index contributed by atoms with van der Waals surface area (Å²) in [4.78, 5) is 29.0. The lowest BCUT2D eigenvalue weighted by Gasteiger charge is -2.26. The van der Waals surface area contributed by atoms with Crippen LogP contribution in [0.5, 0.6) is 5.75 Å². The fourth-order valence-corrected chi connectivity index (χ4v) is 3.96. The Morgan fingerprint density at radius 3 is 2.68 bits per heavy atom. The fraction of sp³-hybridized carbons (Fsp3) is 0.214. The van der Waals surface area contributed by atoms with Gasteiger partial charge in [0, 0.05) is 44.1 Å². The number of nitrogens with zero attached hydrogens (tertiary/aromatic N) is 6. The minimum Gasteiger partial charge on any atom is -0.494 e. The summed E-state index contributed by atoms with van der Waals surface area (Å²) in [5.74, 6) is 1.23. The van der Waals surface area contributed by atoms with Crippen LogP contribution in [0.4, 0.5) is 28.7 Å². The summed E-state index contributed by atoms with van der Waals surface area (Å²) < 4.78 is 7.59. The maximum Gasteiger partial charge on any atom is 0.247 e. The first-order chi connectivity index (χ1) is 18.3. The second-order valence-electron chi connectivity index (χ2n) is 8.89. The zero-order chi connectivity index (χ0) is 27.2. The Bertz CT molecular complexity index is 1520. The van der Waals surface area contributed by atoms with E-state index in [0.717, 1.165) is 29.7 Å². The lowest BCUT2D eigenvalue weighted by atomic mass is 10.2. The molecule has 1 amide bonds. The van der Waals surface area contributed by atoms with Crippen molar-refractivity contribution in [3.05, 3.63) is 78.9 Å². The number of fused-ring (bicyclic) bond motifs is 1. The molecule has 2 aromatic carbocycles. The largest absolute Gasteiger partial charge is 0.494 e. The van der Waals surface area contributed by atoms with Gasteiger partial charge in [-0.2, -0.15) is 4.98 Å². The van der Waals surface area contributed by atoms with Crippen LogP contribution in [0.1, 0.15) is 0 Å². The van der Waals surface area contributed by atoms with Crippen LogP contribution in [0.2, 0.25) is 0 Å². The van der Waals surface area contributed by atoms with Gasteiger partial charge in [0.05, 0.1) is 30.7 Å². The van der Waals surface area contributed by atoms with E-state index in [4.69, 9.17) is 16.3 Å². The molecule has 0 bridgehead atoms. The zero-order valence-electron chi connectivity index (χ0n) is 21.9. The molecule has 0 aliphatic rings. The van der Waals surface area contributed by atoms with Crippen molar-refractivity contribution < 1.29 is 9.53 Å². The van der Waals surface area contributed by atoms with Crippen LogP contribution in [0.25, 0.3) is 21.6 Å². The SMILES string of the molecule is [C-]#[N+]c1ccc2ccn(-c3ccnc(Nc4cc(NC(=O)C=C)c(N(C)CCN(C)C)cc4OC)n3)c2c1. The normalized spacial score (nSPS) is 10.7. The van der Waals surface area contributed by atoms with Gasteiger partial charge < -0.3 is 29.7 Å². The number of ether oxygens (including phenoxy) is 1. The van der Waals surface area contributed by atoms with E-state index in [0.29, 0.717) is 34.6 Å². The summed E-state index contributed by atoms with van der Waals surface area (Å²) in [5, 5.41) is 7.13. The van der Waals surface area contributed by atoms with Crippen molar-refractivity contribution in [1.82, 2.24) is 19.4 Å². The van der Waals surface area contributed by atoms with Crippen molar-refractivity contribution in [2.75, 3.05) is 56.9 Å². The average molecular weight is 511 g/mol. The van der Waals surface area contributed by atoms with Gasteiger partial charge in [0.2, 0.25) is 11.9 Å². The van der Waals surface area contributed by atoms with E-state index in [1.807, 2.05) is 56.2 Å². The molecule has 38 heavy (non-hydrogen) atoms. The van der Waals surface area contributed by atoms with Crippen molar-refractivity contribution in [3.63, 3.8) is 0 Å². The first-order valence-electron chi connectivity index (χ1n) is 11.9. The highest BCUT2D eigenvalue weighted by molar-refractivity contribution is 6.02. The number of nitrogens with one attached hydrogen (secondary N) is 2. The van der Waals surface area contributed by atoms with Crippen LogP contribution in [-0.4, -0.2) is 66.7 Å². The summed E-state index contributed by atoms with van der Waals surface area (Å²) in [5.41, 5.74) is 3.41. The third kappa shape index (κ3) is 5.74. The maximum absolute atomic E-state index is 12.2. The monoisotopic (exact) mass is 510 g/mol. The summed E-state index contributed by atoms with van der Waals surface area (Å²) in [6, 6.07) is 13.0. The van der Waals surface area contributed by atoms with Crippen LogP contribution in [0, 0.1) is 6.57 Å². The van der Waals surface area contributed by atoms with E-state index in [1.54, 1.807) is 31.5 Å². The molecule has 0 aliphatic carbocycles. The number of benzene rings is 2. The quantitative estimate of drug-likeness (QED) is 0.233. The molecular formula is C28H30N8O2. The fourth-order valence-electron chi connectivity index (χ4n) is 3.96. The highest BCUT2D eigenvalue weighted by Crippen LogP contribution is 2.38. The number of amides is 1.